The van der Waals surface area contributed by atoms with Gasteiger partial charge in [0, 0.05) is 25.6 Å². The lowest BCUT2D eigenvalue weighted by Gasteiger charge is -2.33. The molecule has 2 unspecified atom stereocenters. The first kappa shape index (κ1) is 12.9. The van der Waals surface area contributed by atoms with Gasteiger partial charge in [-0.05, 0) is 6.42 Å². The number of carboxylic acid groups (broad SMARTS) is 1. The minimum atomic E-state index is -0.870. The number of hydrogen-bond donors (Lipinski definition) is 1. The van der Waals surface area contributed by atoms with Gasteiger partial charge in [0.1, 0.15) is 6.61 Å². The molecular weight excluding hydrogens is 238 g/mol. The van der Waals surface area contributed by atoms with E-state index in [0.29, 0.717) is 26.2 Å². The Morgan fingerprint density at radius 3 is 3.00 bits per heavy atom. The highest BCUT2D eigenvalue weighted by Gasteiger charge is 2.55. The predicted molar refractivity (Wildman–Crippen MR) is 62.1 cm³/mol. The molecule has 2 heterocycles. The number of aliphatic carboxylic acids is 1. The van der Waals surface area contributed by atoms with Gasteiger partial charge in [0.2, 0.25) is 0 Å². The van der Waals surface area contributed by atoms with Crippen LogP contribution in [0, 0.1) is 11.3 Å². The van der Waals surface area contributed by atoms with Crippen molar-refractivity contribution in [3.05, 3.63) is 12.7 Å². The van der Waals surface area contributed by atoms with Crippen LogP contribution in [0.3, 0.4) is 0 Å². The number of carbonyl (C=O) groups excluding carboxylic acids is 1. The van der Waals surface area contributed by atoms with Crippen LogP contribution in [-0.4, -0.2) is 55.0 Å². The van der Waals surface area contributed by atoms with E-state index in [0.717, 1.165) is 0 Å². The van der Waals surface area contributed by atoms with Gasteiger partial charge in [-0.3, -0.25) is 4.79 Å². The van der Waals surface area contributed by atoms with Crippen molar-refractivity contribution in [3.63, 3.8) is 0 Å². The molecule has 18 heavy (non-hydrogen) atoms. The lowest BCUT2D eigenvalue weighted by atomic mass is 9.74. The van der Waals surface area contributed by atoms with Crippen molar-refractivity contribution in [2.45, 2.75) is 6.42 Å². The summed E-state index contributed by atoms with van der Waals surface area (Å²) in [7, 11) is 0. The summed E-state index contributed by atoms with van der Waals surface area (Å²) in [6, 6.07) is 0. The van der Waals surface area contributed by atoms with Crippen LogP contribution in [0.4, 0.5) is 4.79 Å². The smallest absolute Gasteiger partial charge is 0.410 e. The Kier molecular flexibility index (Phi) is 3.56. The first-order valence-electron chi connectivity index (χ1n) is 5.94. The Hall–Kier alpha value is -1.56. The van der Waals surface area contributed by atoms with Crippen LogP contribution in [0.2, 0.25) is 0 Å². The van der Waals surface area contributed by atoms with Crippen molar-refractivity contribution in [1.29, 1.82) is 0 Å². The predicted octanol–water partition coefficient (Wildman–Crippen LogP) is 0.732. The molecule has 2 saturated heterocycles. The molecule has 2 aliphatic rings. The summed E-state index contributed by atoms with van der Waals surface area (Å²) in [6.07, 6.45) is 1.44. The molecule has 0 spiro atoms. The fraction of sp³-hybridized carbons (Fsp3) is 0.667. The van der Waals surface area contributed by atoms with Crippen LogP contribution >= 0.6 is 0 Å². The second-order valence-electron chi connectivity index (χ2n) is 4.73. The number of carbonyl (C=O) groups is 2. The second kappa shape index (κ2) is 4.97. The number of carboxylic acids is 1. The highest BCUT2D eigenvalue weighted by Crippen LogP contribution is 2.42. The van der Waals surface area contributed by atoms with E-state index in [2.05, 4.69) is 6.58 Å². The van der Waals surface area contributed by atoms with Gasteiger partial charge < -0.3 is 19.5 Å². The first-order chi connectivity index (χ1) is 8.60. The Bertz CT molecular complexity index is 369. The van der Waals surface area contributed by atoms with Crippen molar-refractivity contribution < 1.29 is 24.2 Å². The number of ether oxygens (including phenoxy) is 2. The van der Waals surface area contributed by atoms with Gasteiger partial charge in [-0.25, -0.2) is 4.79 Å². The molecule has 6 heteroatoms. The monoisotopic (exact) mass is 255 g/mol. The number of amides is 1. The lowest BCUT2D eigenvalue weighted by molar-refractivity contribution is -0.157. The molecule has 1 amide bonds. The summed E-state index contributed by atoms with van der Waals surface area (Å²) < 4.78 is 10.3. The third kappa shape index (κ3) is 2.08. The van der Waals surface area contributed by atoms with E-state index in [1.807, 2.05) is 0 Å². The molecule has 0 radical (unpaired) electrons. The molecule has 2 aliphatic heterocycles. The Morgan fingerprint density at radius 1 is 1.61 bits per heavy atom. The molecule has 0 saturated carbocycles. The van der Waals surface area contributed by atoms with Crippen LogP contribution in [0.25, 0.3) is 0 Å². The summed E-state index contributed by atoms with van der Waals surface area (Å²) in [4.78, 5) is 24.7. The van der Waals surface area contributed by atoms with Gasteiger partial charge >= 0.3 is 12.1 Å². The molecule has 2 fully saturated rings. The summed E-state index contributed by atoms with van der Waals surface area (Å²) >= 11 is 0. The van der Waals surface area contributed by atoms with Crippen molar-refractivity contribution in [2.24, 2.45) is 11.3 Å². The minimum absolute atomic E-state index is 0.135. The van der Waals surface area contributed by atoms with Crippen molar-refractivity contribution in [1.82, 2.24) is 4.90 Å². The molecule has 6 nitrogen and oxygen atoms in total. The lowest BCUT2D eigenvalue weighted by Crippen LogP contribution is -2.45. The van der Waals surface area contributed by atoms with Gasteiger partial charge in [0.05, 0.1) is 12.0 Å². The Labute approximate surface area is 105 Å². The van der Waals surface area contributed by atoms with Crippen LogP contribution < -0.4 is 0 Å². The second-order valence-corrected chi connectivity index (χ2v) is 4.73. The quantitative estimate of drug-likeness (QED) is 0.752. The SMILES string of the molecule is C=CCOC(=O)N1CC2COCCC2(C(=O)O)C1. The van der Waals surface area contributed by atoms with Crippen molar-refractivity contribution in [3.8, 4) is 0 Å². The van der Waals surface area contributed by atoms with E-state index >= 15 is 0 Å². The third-order valence-corrected chi connectivity index (χ3v) is 3.72. The number of likely N-dealkylation sites (tertiary alicyclic amines) is 1. The standard InChI is InChI=1S/C12H17NO5/c1-2-4-18-11(16)13-6-9-7-17-5-3-12(9,8-13)10(14)15/h2,9H,1,3-8H2,(H,14,15). The zero-order chi connectivity index (χ0) is 13.2. The highest BCUT2D eigenvalue weighted by molar-refractivity contribution is 5.78. The van der Waals surface area contributed by atoms with E-state index in [4.69, 9.17) is 9.47 Å². The van der Waals surface area contributed by atoms with E-state index in [1.165, 1.54) is 11.0 Å². The normalized spacial score (nSPS) is 30.7. The third-order valence-electron chi connectivity index (χ3n) is 3.72. The molecule has 0 aromatic carbocycles. The number of hydrogen-bond acceptors (Lipinski definition) is 4. The number of nitrogens with zero attached hydrogens (tertiary/aromatic N) is 1. The van der Waals surface area contributed by atoms with E-state index in [9.17, 15) is 14.7 Å². The van der Waals surface area contributed by atoms with Gasteiger partial charge in [-0.15, -0.1) is 0 Å². The molecule has 0 aromatic rings. The fourth-order valence-corrected chi connectivity index (χ4v) is 2.66. The summed E-state index contributed by atoms with van der Waals surface area (Å²) in [6.45, 7) is 4.99. The van der Waals surface area contributed by atoms with Gasteiger partial charge in [0.15, 0.2) is 0 Å². The molecule has 100 valence electrons. The molecule has 0 aromatic heterocycles. The highest BCUT2D eigenvalue weighted by atomic mass is 16.6. The van der Waals surface area contributed by atoms with Crippen LogP contribution in [0.5, 0.6) is 0 Å². The number of rotatable bonds is 3. The maximum Gasteiger partial charge on any atom is 0.410 e. The molecule has 0 aliphatic carbocycles. The maximum absolute atomic E-state index is 11.7. The van der Waals surface area contributed by atoms with E-state index in [-0.39, 0.29) is 19.1 Å². The minimum Gasteiger partial charge on any atom is -0.481 e. The van der Waals surface area contributed by atoms with Crippen LogP contribution in [-0.2, 0) is 14.3 Å². The first-order valence-corrected chi connectivity index (χ1v) is 5.94. The average Bonchev–Trinajstić information content (AvgIpc) is 2.76. The van der Waals surface area contributed by atoms with Gasteiger partial charge in [-0.2, -0.15) is 0 Å². The van der Waals surface area contributed by atoms with E-state index in [1.54, 1.807) is 0 Å². The van der Waals surface area contributed by atoms with Crippen LogP contribution in [0.15, 0.2) is 12.7 Å². The molecule has 2 rings (SSSR count). The topological polar surface area (TPSA) is 76.1 Å². The zero-order valence-electron chi connectivity index (χ0n) is 10.1. The van der Waals surface area contributed by atoms with Gasteiger partial charge in [-0.1, -0.05) is 12.7 Å². The molecular formula is C12H17NO5. The zero-order valence-corrected chi connectivity index (χ0v) is 10.1. The summed E-state index contributed by atoms with van der Waals surface area (Å²) in [5.74, 6) is -1.00. The maximum atomic E-state index is 11.7. The largest absolute Gasteiger partial charge is 0.481 e. The summed E-state index contributed by atoms with van der Waals surface area (Å²) in [5, 5.41) is 9.42. The fourth-order valence-electron chi connectivity index (χ4n) is 2.66. The number of fused-ring (bicyclic) bond motifs is 1. The Balaban J connectivity index is 2.09. The van der Waals surface area contributed by atoms with Gasteiger partial charge in [0.25, 0.3) is 0 Å². The van der Waals surface area contributed by atoms with Crippen LogP contribution in [0.1, 0.15) is 6.42 Å². The molecule has 0 bridgehead atoms. The summed E-state index contributed by atoms with van der Waals surface area (Å²) in [5.41, 5.74) is -0.870. The molecule has 1 N–H and O–H groups in total. The molecule has 2 atom stereocenters. The average molecular weight is 255 g/mol. The van der Waals surface area contributed by atoms with Crippen molar-refractivity contribution >= 4 is 12.1 Å². The Morgan fingerprint density at radius 2 is 2.39 bits per heavy atom. The van der Waals surface area contributed by atoms with E-state index < -0.39 is 17.5 Å². The van der Waals surface area contributed by atoms with Crippen molar-refractivity contribution in [2.75, 3.05) is 32.9 Å².